The van der Waals surface area contributed by atoms with Crippen molar-refractivity contribution in [2.75, 3.05) is 6.61 Å². The highest BCUT2D eigenvalue weighted by atomic mass is 19.4. The summed E-state index contributed by atoms with van der Waals surface area (Å²) in [5.74, 6) is -0.0482. The normalized spacial score (nSPS) is 11.7. The van der Waals surface area contributed by atoms with Crippen LogP contribution in [-0.4, -0.2) is 12.8 Å². The van der Waals surface area contributed by atoms with Crippen molar-refractivity contribution in [1.82, 2.24) is 0 Å². The van der Waals surface area contributed by atoms with E-state index in [1.54, 1.807) is 12.1 Å². The van der Waals surface area contributed by atoms with Crippen LogP contribution in [0.4, 0.5) is 17.6 Å². The van der Waals surface area contributed by atoms with Gasteiger partial charge in [0.25, 0.3) is 0 Å². The smallest absolute Gasteiger partial charge is 0.422 e. The van der Waals surface area contributed by atoms with Crippen LogP contribution in [0.3, 0.4) is 0 Å². The van der Waals surface area contributed by atoms with Crippen LogP contribution >= 0.6 is 0 Å². The molecular weight excluding hydrogens is 464 g/mol. The van der Waals surface area contributed by atoms with E-state index in [0.717, 1.165) is 36.6 Å². The molecule has 0 atom stereocenters. The van der Waals surface area contributed by atoms with Crippen molar-refractivity contribution in [3.8, 4) is 5.75 Å². The number of hydrogen-bond acceptors (Lipinski definition) is 1. The largest absolute Gasteiger partial charge is 0.484 e. The Morgan fingerprint density at radius 3 is 1.83 bits per heavy atom. The number of halogens is 4. The third kappa shape index (κ3) is 7.09. The molecule has 0 aromatic heterocycles. The Labute approximate surface area is 209 Å². The lowest BCUT2D eigenvalue weighted by molar-refractivity contribution is -0.153. The first kappa shape index (κ1) is 25.7. The van der Waals surface area contributed by atoms with Crippen LogP contribution in [0.25, 0.3) is 10.8 Å². The number of ether oxygens (including phenoxy) is 1. The third-order valence-electron chi connectivity index (χ3n) is 6.37. The zero-order valence-corrected chi connectivity index (χ0v) is 20.4. The maximum atomic E-state index is 15.2. The first-order valence-electron chi connectivity index (χ1n) is 12.4. The third-order valence-corrected chi connectivity index (χ3v) is 6.37. The number of alkyl halides is 3. The fraction of sp³-hybridized carbons (Fsp3) is 0.290. The molecule has 4 aromatic rings. The lowest BCUT2D eigenvalue weighted by Gasteiger charge is -2.11. The van der Waals surface area contributed by atoms with Crippen LogP contribution in [0.15, 0.2) is 78.9 Å². The molecule has 0 amide bonds. The second kappa shape index (κ2) is 11.6. The Balaban J connectivity index is 1.36. The molecule has 1 nitrogen and oxygen atoms in total. The van der Waals surface area contributed by atoms with E-state index in [0.29, 0.717) is 23.8 Å². The van der Waals surface area contributed by atoms with Gasteiger partial charge in [0.05, 0.1) is 0 Å². The maximum absolute atomic E-state index is 15.2. The SMILES string of the molecule is CCCc1ccc(CCc2ccc3c(F)c(CCc4ccc(OCC(F)(F)F)cc4)ccc3c2)cc1. The van der Waals surface area contributed by atoms with Gasteiger partial charge in [0.1, 0.15) is 11.6 Å². The Morgan fingerprint density at radius 2 is 1.19 bits per heavy atom. The van der Waals surface area contributed by atoms with Crippen molar-refractivity contribution in [2.24, 2.45) is 0 Å². The van der Waals surface area contributed by atoms with Crippen molar-refractivity contribution in [2.45, 2.75) is 51.6 Å². The highest BCUT2D eigenvalue weighted by Gasteiger charge is 2.28. The second-order valence-corrected chi connectivity index (χ2v) is 9.21. The van der Waals surface area contributed by atoms with Gasteiger partial charge in [-0.25, -0.2) is 4.39 Å². The topological polar surface area (TPSA) is 9.23 Å². The van der Waals surface area contributed by atoms with Crippen LogP contribution in [0.5, 0.6) is 5.75 Å². The average Bonchev–Trinajstić information content (AvgIpc) is 2.87. The van der Waals surface area contributed by atoms with E-state index < -0.39 is 12.8 Å². The molecular formula is C31H30F4O. The summed E-state index contributed by atoms with van der Waals surface area (Å²) in [4.78, 5) is 0. The molecule has 0 saturated carbocycles. The van der Waals surface area contributed by atoms with E-state index in [-0.39, 0.29) is 11.6 Å². The van der Waals surface area contributed by atoms with E-state index in [2.05, 4.69) is 37.3 Å². The van der Waals surface area contributed by atoms with Gasteiger partial charge >= 0.3 is 6.18 Å². The maximum Gasteiger partial charge on any atom is 0.422 e. The number of fused-ring (bicyclic) bond motifs is 1. The molecule has 0 N–H and O–H groups in total. The molecule has 188 valence electrons. The van der Waals surface area contributed by atoms with Crippen LogP contribution in [0.2, 0.25) is 0 Å². The van der Waals surface area contributed by atoms with E-state index in [1.165, 1.54) is 28.8 Å². The zero-order chi connectivity index (χ0) is 25.5. The lowest BCUT2D eigenvalue weighted by Crippen LogP contribution is -2.19. The van der Waals surface area contributed by atoms with Crippen LogP contribution in [0, 0.1) is 5.82 Å². The minimum Gasteiger partial charge on any atom is -0.484 e. The summed E-state index contributed by atoms with van der Waals surface area (Å²) in [6.45, 7) is 0.865. The quantitative estimate of drug-likeness (QED) is 0.201. The molecule has 0 saturated heterocycles. The van der Waals surface area contributed by atoms with Gasteiger partial charge in [0, 0.05) is 5.39 Å². The van der Waals surface area contributed by atoms with Crippen LogP contribution in [0.1, 0.15) is 41.2 Å². The van der Waals surface area contributed by atoms with E-state index in [1.807, 2.05) is 24.3 Å². The van der Waals surface area contributed by atoms with Crippen LogP contribution < -0.4 is 4.74 Å². The molecule has 4 aromatic carbocycles. The van der Waals surface area contributed by atoms with Crippen molar-refractivity contribution in [3.05, 3.63) is 112 Å². The summed E-state index contributed by atoms with van der Waals surface area (Å²) in [5.41, 5.74) is 5.38. The van der Waals surface area contributed by atoms with Crippen molar-refractivity contribution in [3.63, 3.8) is 0 Å². The Kier molecular flexibility index (Phi) is 8.29. The Hall–Kier alpha value is -3.34. The number of rotatable bonds is 10. The number of aryl methyl sites for hydroxylation is 5. The summed E-state index contributed by atoms with van der Waals surface area (Å²) in [5, 5.41) is 1.49. The molecule has 5 heteroatoms. The Morgan fingerprint density at radius 1 is 0.639 bits per heavy atom. The average molecular weight is 495 g/mol. The summed E-state index contributed by atoms with van der Waals surface area (Å²) >= 11 is 0. The molecule has 0 heterocycles. The van der Waals surface area contributed by atoms with Gasteiger partial charge < -0.3 is 4.74 Å². The summed E-state index contributed by atoms with van der Waals surface area (Å²) < 4.78 is 56.8. The minimum absolute atomic E-state index is 0.164. The molecule has 0 aliphatic heterocycles. The van der Waals surface area contributed by atoms with E-state index in [4.69, 9.17) is 4.74 Å². The van der Waals surface area contributed by atoms with Gasteiger partial charge in [-0.3, -0.25) is 0 Å². The molecule has 0 radical (unpaired) electrons. The standard InChI is InChI=1S/C31H30F4O/c1-2-3-22-4-6-23(7-5-22)8-9-25-13-19-29-27(20-25)16-15-26(30(29)32)14-10-24-11-17-28(18-12-24)36-21-31(33,34)35/h4-7,11-13,15-20H,2-3,8-10,14,21H2,1H3. The van der Waals surface area contributed by atoms with Gasteiger partial charge in [-0.15, -0.1) is 0 Å². The zero-order valence-electron chi connectivity index (χ0n) is 20.4. The van der Waals surface area contributed by atoms with Gasteiger partial charge in [0.15, 0.2) is 6.61 Å². The molecule has 0 aliphatic rings. The first-order chi connectivity index (χ1) is 17.3. The molecule has 0 bridgehead atoms. The van der Waals surface area contributed by atoms with Crippen molar-refractivity contribution < 1.29 is 22.3 Å². The molecule has 0 fully saturated rings. The van der Waals surface area contributed by atoms with Crippen molar-refractivity contribution in [1.29, 1.82) is 0 Å². The summed E-state index contributed by atoms with van der Waals surface area (Å²) in [6, 6.07) is 25.0. The molecule has 0 spiro atoms. The van der Waals surface area contributed by atoms with Crippen molar-refractivity contribution >= 4 is 10.8 Å². The predicted molar refractivity (Wildman–Crippen MR) is 137 cm³/mol. The summed E-state index contributed by atoms with van der Waals surface area (Å²) in [7, 11) is 0. The highest BCUT2D eigenvalue weighted by molar-refractivity contribution is 5.84. The fourth-order valence-corrected chi connectivity index (χ4v) is 4.38. The van der Waals surface area contributed by atoms with Gasteiger partial charge in [0.2, 0.25) is 0 Å². The summed E-state index contributed by atoms with van der Waals surface area (Å²) in [6.07, 6.45) is 0.801. The van der Waals surface area contributed by atoms with Gasteiger partial charge in [-0.2, -0.15) is 13.2 Å². The molecule has 4 rings (SSSR count). The molecule has 0 unspecified atom stereocenters. The monoisotopic (exact) mass is 494 g/mol. The highest BCUT2D eigenvalue weighted by Crippen LogP contribution is 2.25. The predicted octanol–water partition coefficient (Wildman–Crippen LogP) is 8.44. The number of benzene rings is 4. The fourth-order valence-electron chi connectivity index (χ4n) is 4.38. The molecule has 36 heavy (non-hydrogen) atoms. The van der Waals surface area contributed by atoms with E-state index >= 15 is 4.39 Å². The van der Waals surface area contributed by atoms with Gasteiger partial charge in [-0.05, 0) is 77.4 Å². The van der Waals surface area contributed by atoms with Crippen LogP contribution in [-0.2, 0) is 32.1 Å². The number of hydrogen-bond donors (Lipinski definition) is 0. The van der Waals surface area contributed by atoms with Gasteiger partial charge in [-0.1, -0.05) is 80.1 Å². The Bertz CT molecular complexity index is 1280. The minimum atomic E-state index is -4.37. The second-order valence-electron chi connectivity index (χ2n) is 9.21. The lowest BCUT2D eigenvalue weighted by atomic mass is 9.97. The van der Waals surface area contributed by atoms with E-state index in [9.17, 15) is 13.2 Å². The molecule has 0 aliphatic carbocycles. The first-order valence-corrected chi connectivity index (χ1v) is 12.4.